The Hall–Kier alpha value is -4.01. The second kappa shape index (κ2) is 7.19. The second-order valence-corrected chi connectivity index (χ2v) is 6.37. The molecule has 0 spiro atoms. The molecular weight excluding hydrogens is 377 g/mol. The molecule has 29 heavy (non-hydrogen) atoms. The number of hydrogen-bond donors (Lipinski definition) is 1. The number of carbonyl (C=O) groups is 1. The largest absolute Gasteiger partial charge is 0.432 e. The van der Waals surface area contributed by atoms with Gasteiger partial charge in [-0.25, -0.2) is 24.6 Å². The number of aromatic nitrogens is 4. The molecule has 0 unspecified atom stereocenters. The van der Waals surface area contributed by atoms with Gasteiger partial charge in [0.1, 0.15) is 5.82 Å². The van der Waals surface area contributed by atoms with Crippen LogP contribution in [0.15, 0.2) is 59.8 Å². The number of halogens is 1. The first kappa shape index (κ1) is 18.4. The van der Waals surface area contributed by atoms with E-state index in [4.69, 9.17) is 4.74 Å². The summed E-state index contributed by atoms with van der Waals surface area (Å²) in [6.07, 6.45) is 3.75. The van der Waals surface area contributed by atoms with Gasteiger partial charge in [0.2, 0.25) is 0 Å². The van der Waals surface area contributed by atoms with Crippen molar-refractivity contribution in [1.82, 2.24) is 19.2 Å². The molecule has 3 aromatic heterocycles. The lowest BCUT2D eigenvalue weighted by molar-refractivity contribution is 0.211. The van der Waals surface area contributed by atoms with E-state index in [0.717, 1.165) is 0 Å². The third kappa shape index (κ3) is 3.57. The second-order valence-electron chi connectivity index (χ2n) is 6.37. The Bertz CT molecular complexity index is 1300. The number of nitrogens with one attached hydrogen (secondary N) is 1. The Morgan fingerprint density at radius 1 is 1.21 bits per heavy atom. The molecule has 0 aliphatic rings. The molecule has 0 radical (unpaired) electrons. The van der Waals surface area contributed by atoms with Crippen molar-refractivity contribution in [2.45, 2.75) is 6.92 Å². The van der Waals surface area contributed by atoms with Gasteiger partial charge in [-0.05, 0) is 31.2 Å². The maximum Gasteiger partial charge on any atom is 0.432 e. The van der Waals surface area contributed by atoms with E-state index in [1.54, 1.807) is 50.6 Å². The summed E-state index contributed by atoms with van der Waals surface area (Å²) < 4.78 is 21.5. The third-order valence-corrected chi connectivity index (χ3v) is 4.36. The summed E-state index contributed by atoms with van der Waals surface area (Å²) in [6.45, 7) is 1.65. The van der Waals surface area contributed by atoms with Crippen LogP contribution >= 0.6 is 0 Å². The van der Waals surface area contributed by atoms with E-state index < -0.39 is 11.9 Å². The van der Waals surface area contributed by atoms with Crippen molar-refractivity contribution in [3.8, 4) is 17.1 Å². The predicted octanol–water partition coefficient (Wildman–Crippen LogP) is 2.99. The number of nitrogens with zero attached hydrogens (tertiary/aromatic N) is 4. The highest BCUT2D eigenvalue weighted by atomic mass is 19.1. The quantitative estimate of drug-likeness (QED) is 0.578. The number of benzene rings is 1. The van der Waals surface area contributed by atoms with E-state index in [1.165, 1.54) is 27.6 Å². The molecule has 1 N–H and O–H groups in total. The molecule has 4 rings (SSSR count). The lowest BCUT2D eigenvalue weighted by atomic mass is 10.2. The molecule has 0 atom stereocenters. The molecule has 4 aromatic rings. The Labute approximate surface area is 164 Å². The van der Waals surface area contributed by atoms with Gasteiger partial charge in [-0.1, -0.05) is 12.1 Å². The fraction of sp³-hybridized carbons (Fsp3) is 0.100. The van der Waals surface area contributed by atoms with E-state index in [-0.39, 0.29) is 11.3 Å². The van der Waals surface area contributed by atoms with Crippen molar-refractivity contribution in [2.24, 2.45) is 7.05 Å². The van der Waals surface area contributed by atoms with Crippen LogP contribution in [0.2, 0.25) is 0 Å². The number of pyridine rings is 1. The zero-order chi connectivity index (χ0) is 20.5. The smallest absolute Gasteiger partial charge is 0.406 e. The van der Waals surface area contributed by atoms with Crippen LogP contribution in [0.3, 0.4) is 0 Å². The summed E-state index contributed by atoms with van der Waals surface area (Å²) in [5.41, 5.74) is 3.85. The Kier molecular flexibility index (Phi) is 4.55. The fourth-order valence-corrected chi connectivity index (χ4v) is 2.88. The van der Waals surface area contributed by atoms with Crippen molar-refractivity contribution in [3.05, 3.63) is 76.9 Å². The minimum atomic E-state index is -0.770. The highest BCUT2D eigenvalue weighted by Gasteiger charge is 2.13. The molecule has 9 heteroatoms. The van der Waals surface area contributed by atoms with Crippen molar-refractivity contribution in [3.63, 3.8) is 0 Å². The van der Waals surface area contributed by atoms with Gasteiger partial charge in [-0.3, -0.25) is 9.47 Å². The molecule has 1 aromatic carbocycles. The van der Waals surface area contributed by atoms with Crippen LogP contribution in [0.5, 0.6) is 5.75 Å². The zero-order valence-corrected chi connectivity index (χ0v) is 15.6. The lowest BCUT2D eigenvalue weighted by Gasteiger charge is -2.11. The van der Waals surface area contributed by atoms with Gasteiger partial charge in [-0.2, -0.15) is 0 Å². The van der Waals surface area contributed by atoms with Crippen LogP contribution in [0.25, 0.3) is 22.3 Å². The van der Waals surface area contributed by atoms with Crippen molar-refractivity contribution >= 4 is 17.0 Å². The van der Waals surface area contributed by atoms with Crippen LogP contribution in [-0.2, 0) is 7.05 Å². The molecule has 0 aliphatic heterocycles. The van der Waals surface area contributed by atoms with Crippen LogP contribution < -0.4 is 15.7 Å². The normalized spacial score (nSPS) is 10.9. The molecule has 8 nitrogen and oxygen atoms in total. The van der Waals surface area contributed by atoms with Crippen LogP contribution in [-0.4, -0.2) is 25.3 Å². The maximum atomic E-state index is 13.4. The number of fused-ring (bicyclic) bond motifs is 1. The van der Waals surface area contributed by atoms with E-state index in [1.807, 2.05) is 0 Å². The number of hydrogen-bond acceptors (Lipinski definition) is 5. The van der Waals surface area contributed by atoms with Gasteiger partial charge in [0, 0.05) is 25.0 Å². The topological polar surface area (TPSA) is 91.0 Å². The predicted molar refractivity (Wildman–Crippen MR) is 105 cm³/mol. The summed E-state index contributed by atoms with van der Waals surface area (Å²) in [4.78, 5) is 32.8. The number of ether oxygens (including phenoxy) is 1. The molecule has 3 heterocycles. The Morgan fingerprint density at radius 3 is 2.79 bits per heavy atom. The van der Waals surface area contributed by atoms with Gasteiger partial charge in [0.25, 0.3) is 5.56 Å². The van der Waals surface area contributed by atoms with Gasteiger partial charge in [0.05, 0.1) is 22.8 Å². The number of rotatable bonds is 3. The number of amides is 1. The summed E-state index contributed by atoms with van der Waals surface area (Å²) in [5, 5.41) is 0.467. The highest BCUT2D eigenvalue weighted by Crippen LogP contribution is 2.21. The fourth-order valence-electron chi connectivity index (χ4n) is 2.88. The first-order valence-corrected chi connectivity index (χ1v) is 8.67. The first-order chi connectivity index (χ1) is 13.9. The molecule has 0 saturated carbocycles. The summed E-state index contributed by atoms with van der Waals surface area (Å²) in [5.74, 6) is 0.0919. The van der Waals surface area contributed by atoms with Gasteiger partial charge >= 0.3 is 6.09 Å². The summed E-state index contributed by atoms with van der Waals surface area (Å²) in [6, 6.07) is 9.23. The van der Waals surface area contributed by atoms with E-state index in [0.29, 0.717) is 28.0 Å². The molecule has 0 aliphatic carbocycles. The third-order valence-electron chi connectivity index (χ3n) is 4.36. The van der Waals surface area contributed by atoms with E-state index in [2.05, 4.69) is 15.4 Å². The van der Waals surface area contributed by atoms with Crippen molar-refractivity contribution in [2.75, 3.05) is 5.43 Å². The van der Waals surface area contributed by atoms with Gasteiger partial charge in [-0.15, -0.1) is 0 Å². The summed E-state index contributed by atoms with van der Waals surface area (Å²) >= 11 is 0. The number of carbonyl (C=O) groups excluding carboxylic acids is 1. The van der Waals surface area contributed by atoms with E-state index >= 15 is 0 Å². The molecular formula is C20H16FN5O3. The van der Waals surface area contributed by atoms with Crippen molar-refractivity contribution in [1.29, 1.82) is 0 Å². The first-order valence-electron chi connectivity index (χ1n) is 8.67. The lowest BCUT2D eigenvalue weighted by Crippen LogP contribution is -2.26. The van der Waals surface area contributed by atoms with E-state index in [9.17, 15) is 14.0 Å². The van der Waals surface area contributed by atoms with Crippen LogP contribution in [0.4, 0.5) is 9.18 Å². The van der Waals surface area contributed by atoms with Gasteiger partial charge in [0.15, 0.2) is 11.6 Å². The van der Waals surface area contributed by atoms with Crippen molar-refractivity contribution < 1.29 is 13.9 Å². The minimum Gasteiger partial charge on any atom is -0.406 e. The Morgan fingerprint density at radius 2 is 2.03 bits per heavy atom. The average molecular weight is 393 g/mol. The molecule has 146 valence electrons. The monoisotopic (exact) mass is 393 g/mol. The average Bonchev–Trinajstić information content (AvgIpc) is 3.09. The molecule has 0 fully saturated rings. The molecule has 1 amide bonds. The summed E-state index contributed by atoms with van der Waals surface area (Å²) in [7, 11) is 1.65. The SMILES string of the molecule is Cc1nc(-c2cccc(F)c2)ncc1OC(=O)Nn1ccc2c(=O)n(C)ccc21. The highest BCUT2D eigenvalue weighted by molar-refractivity contribution is 5.84. The zero-order valence-electron chi connectivity index (χ0n) is 15.6. The standard InChI is InChI=1S/C20H16FN5O3/c1-12-17(11-22-18(23-12)13-4-3-5-14(21)10-13)29-20(28)24-26-9-6-15-16(26)7-8-25(2)19(15)27/h3-11H,1-2H3,(H,24,28). The Balaban J connectivity index is 1.53. The molecule has 0 saturated heterocycles. The minimum absolute atomic E-state index is 0.162. The van der Waals surface area contributed by atoms with Crippen LogP contribution in [0, 0.1) is 12.7 Å². The van der Waals surface area contributed by atoms with Gasteiger partial charge < -0.3 is 9.30 Å². The van der Waals surface area contributed by atoms with Crippen LogP contribution in [0.1, 0.15) is 5.69 Å². The molecule has 0 bridgehead atoms. The maximum absolute atomic E-state index is 13.4. The number of aryl methyl sites for hydroxylation is 2.